The van der Waals surface area contributed by atoms with Gasteiger partial charge in [0.05, 0.1) is 0 Å². The van der Waals surface area contributed by atoms with E-state index >= 15 is 0 Å². The molecule has 1 aliphatic rings. The Bertz CT molecular complexity index is 1060. The number of rotatable bonds is 5. The summed E-state index contributed by atoms with van der Waals surface area (Å²) in [6.07, 6.45) is 7.72. The van der Waals surface area contributed by atoms with Gasteiger partial charge in [-0.2, -0.15) is 11.3 Å². The second-order valence-electron chi connectivity index (χ2n) is 6.02. The van der Waals surface area contributed by atoms with Crippen LogP contribution in [0.5, 0.6) is 0 Å². The number of nitrogens with zero attached hydrogens (tertiary/aromatic N) is 2. The van der Waals surface area contributed by atoms with Gasteiger partial charge in [0.1, 0.15) is 16.9 Å². The van der Waals surface area contributed by atoms with Gasteiger partial charge in [0.15, 0.2) is 5.82 Å². The second kappa shape index (κ2) is 7.58. The van der Waals surface area contributed by atoms with Crippen LogP contribution in [0.2, 0.25) is 0 Å². The third-order valence-electron chi connectivity index (χ3n) is 4.19. The third kappa shape index (κ3) is 3.77. The lowest BCUT2D eigenvalue weighted by Crippen LogP contribution is -2.12. The van der Waals surface area contributed by atoms with E-state index in [1.54, 1.807) is 11.3 Å². The smallest absolute Gasteiger partial charge is 0.279 e. The van der Waals surface area contributed by atoms with Crippen molar-refractivity contribution in [1.29, 1.82) is 0 Å². The Balaban J connectivity index is 1.46. The van der Waals surface area contributed by atoms with E-state index in [1.165, 1.54) is 16.1 Å². The quantitative estimate of drug-likeness (QED) is 0.595. The topological polar surface area (TPSA) is 46.4 Å². The molecule has 0 aliphatic heterocycles. The number of hydrogen-bond acceptors (Lipinski definition) is 4. The summed E-state index contributed by atoms with van der Waals surface area (Å²) >= 11 is 2.78. The van der Waals surface area contributed by atoms with E-state index < -0.39 is 6.43 Å². The zero-order valence-electron chi connectivity index (χ0n) is 14.1. The van der Waals surface area contributed by atoms with Crippen molar-refractivity contribution in [3.05, 3.63) is 69.7 Å². The Morgan fingerprint density at radius 1 is 1.33 bits per heavy atom. The first-order valence-electron chi connectivity index (χ1n) is 8.23. The van der Waals surface area contributed by atoms with Crippen molar-refractivity contribution in [2.24, 2.45) is 0 Å². The van der Waals surface area contributed by atoms with Gasteiger partial charge in [-0.3, -0.25) is 9.20 Å². The van der Waals surface area contributed by atoms with E-state index in [2.05, 4.69) is 27.8 Å². The molecule has 8 heteroatoms. The van der Waals surface area contributed by atoms with E-state index in [-0.39, 0.29) is 18.0 Å². The van der Waals surface area contributed by atoms with Crippen molar-refractivity contribution in [2.75, 3.05) is 5.32 Å². The Kier molecular flexibility index (Phi) is 5.00. The first kappa shape index (κ1) is 17.8. The van der Waals surface area contributed by atoms with Crippen LogP contribution >= 0.6 is 22.7 Å². The highest BCUT2D eigenvalue weighted by Gasteiger charge is 2.18. The number of thiophene rings is 1. The fourth-order valence-corrected chi connectivity index (χ4v) is 4.45. The number of carbonyl (C=O) groups excluding carboxylic acids is 1. The molecule has 1 aliphatic carbocycles. The number of carbonyl (C=O) groups is 1. The molecule has 27 heavy (non-hydrogen) atoms. The molecule has 3 heterocycles. The highest BCUT2D eigenvalue weighted by molar-refractivity contribution is 7.16. The van der Waals surface area contributed by atoms with Crippen molar-refractivity contribution >= 4 is 44.8 Å². The zero-order chi connectivity index (χ0) is 18.8. The SMILES string of the molecule is O=C(CC1=CC=C(c2ccsc2)C=CC1)Nc1ncn2c(C(F)F)csc12. The van der Waals surface area contributed by atoms with Crippen molar-refractivity contribution < 1.29 is 13.6 Å². The zero-order valence-corrected chi connectivity index (χ0v) is 15.7. The number of fused-ring (bicyclic) bond motifs is 1. The van der Waals surface area contributed by atoms with Crippen LogP contribution in [0.4, 0.5) is 14.6 Å². The first-order valence-corrected chi connectivity index (χ1v) is 10.1. The second-order valence-corrected chi connectivity index (χ2v) is 7.66. The van der Waals surface area contributed by atoms with Gasteiger partial charge in [0, 0.05) is 11.8 Å². The Morgan fingerprint density at radius 2 is 2.22 bits per heavy atom. The summed E-state index contributed by atoms with van der Waals surface area (Å²) < 4.78 is 27.2. The van der Waals surface area contributed by atoms with Crippen LogP contribution in [-0.2, 0) is 4.79 Å². The summed E-state index contributed by atoms with van der Waals surface area (Å²) in [5.41, 5.74) is 3.13. The number of imidazole rings is 1. The minimum atomic E-state index is -2.58. The average molecular weight is 403 g/mol. The van der Waals surface area contributed by atoms with Gasteiger partial charge in [-0.1, -0.05) is 29.9 Å². The lowest BCUT2D eigenvalue weighted by Gasteiger charge is -2.04. The third-order valence-corrected chi connectivity index (χ3v) is 5.85. The van der Waals surface area contributed by atoms with Crippen molar-refractivity contribution in [3.8, 4) is 0 Å². The number of halogens is 2. The molecule has 0 saturated carbocycles. The number of allylic oxidation sites excluding steroid dienone is 5. The summed E-state index contributed by atoms with van der Waals surface area (Å²) in [4.78, 5) is 17.0. The van der Waals surface area contributed by atoms with Gasteiger partial charge in [0.25, 0.3) is 6.43 Å². The Morgan fingerprint density at radius 3 is 3.00 bits per heavy atom. The van der Waals surface area contributed by atoms with Crippen LogP contribution in [0, 0.1) is 0 Å². The van der Waals surface area contributed by atoms with E-state index in [0.717, 1.165) is 28.0 Å². The molecule has 0 bridgehead atoms. The normalized spacial score (nSPS) is 14.3. The minimum Gasteiger partial charge on any atom is -0.308 e. The average Bonchev–Trinajstić information content (AvgIpc) is 3.33. The molecule has 0 atom stereocenters. The van der Waals surface area contributed by atoms with Gasteiger partial charge >= 0.3 is 0 Å². The lowest BCUT2D eigenvalue weighted by molar-refractivity contribution is -0.115. The predicted octanol–water partition coefficient (Wildman–Crippen LogP) is 5.69. The molecule has 0 spiro atoms. The molecule has 138 valence electrons. The maximum Gasteiger partial charge on any atom is 0.279 e. The summed E-state index contributed by atoms with van der Waals surface area (Å²) in [6, 6.07) is 2.06. The fraction of sp³-hybridized carbons (Fsp3) is 0.158. The first-order chi connectivity index (χ1) is 13.1. The number of thiazole rings is 1. The standard InChI is InChI=1S/C19H15F2N3OS2/c20-17(21)15-10-27-19-18(22-11-24(15)19)23-16(25)8-12-2-1-3-13(5-4-12)14-6-7-26-9-14/h1,3-7,9-11,17H,2,8H2,(H,23,25). The molecule has 0 fully saturated rings. The highest BCUT2D eigenvalue weighted by Crippen LogP contribution is 2.30. The molecule has 0 unspecified atom stereocenters. The van der Waals surface area contributed by atoms with Gasteiger partial charge in [0.2, 0.25) is 5.91 Å². The van der Waals surface area contributed by atoms with Crippen molar-refractivity contribution in [2.45, 2.75) is 19.3 Å². The fourth-order valence-electron chi connectivity index (χ4n) is 2.85. The molecule has 1 amide bonds. The molecule has 3 aromatic heterocycles. The monoisotopic (exact) mass is 403 g/mol. The van der Waals surface area contributed by atoms with Crippen LogP contribution in [0.3, 0.4) is 0 Å². The Hall–Kier alpha value is -2.58. The number of alkyl halides is 2. The molecular weight excluding hydrogens is 388 g/mol. The van der Waals surface area contributed by atoms with Crippen LogP contribution in [-0.4, -0.2) is 15.3 Å². The number of amides is 1. The van der Waals surface area contributed by atoms with Gasteiger partial charge in [-0.05, 0) is 34.4 Å². The maximum atomic E-state index is 12.9. The number of anilines is 1. The molecule has 3 aromatic rings. The lowest BCUT2D eigenvalue weighted by atomic mass is 10.1. The van der Waals surface area contributed by atoms with Gasteiger partial charge in [-0.25, -0.2) is 13.8 Å². The molecule has 4 rings (SSSR count). The van der Waals surface area contributed by atoms with E-state index in [9.17, 15) is 13.6 Å². The molecule has 0 saturated heterocycles. The van der Waals surface area contributed by atoms with Crippen molar-refractivity contribution in [3.63, 3.8) is 0 Å². The predicted molar refractivity (Wildman–Crippen MR) is 105 cm³/mol. The summed E-state index contributed by atoms with van der Waals surface area (Å²) in [5, 5.41) is 8.23. The van der Waals surface area contributed by atoms with E-state index in [4.69, 9.17) is 0 Å². The largest absolute Gasteiger partial charge is 0.308 e. The number of nitrogens with one attached hydrogen (secondary N) is 1. The molecule has 1 N–H and O–H groups in total. The summed E-state index contributed by atoms with van der Waals surface area (Å²) in [7, 11) is 0. The molecule has 0 aromatic carbocycles. The summed E-state index contributed by atoms with van der Waals surface area (Å²) in [6.45, 7) is 0. The Labute approximate surface area is 162 Å². The van der Waals surface area contributed by atoms with E-state index in [0.29, 0.717) is 17.1 Å². The van der Waals surface area contributed by atoms with Crippen molar-refractivity contribution in [1.82, 2.24) is 9.38 Å². The van der Waals surface area contributed by atoms with Crippen LogP contribution in [0.1, 0.15) is 30.5 Å². The van der Waals surface area contributed by atoms with Crippen LogP contribution < -0.4 is 5.32 Å². The maximum absolute atomic E-state index is 12.9. The number of aromatic nitrogens is 2. The summed E-state index contributed by atoms with van der Waals surface area (Å²) in [5.74, 6) is 0.103. The highest BCUT2D eigenvalue weighted by atomic mass is 32.1. The molecule has 4 nitrogen and oxygen atoms in total. The van der Waals surface area contributed by atoms with E-state index in [1.807, 2.05) is 23.6 Å². The van der Waals surface area contributed by atoms with Gasteiger partial charge < -0.3 is 5.32 Å². The number of hydrogen-bond donors (Lipinski definition) is 1. The molecular formula is C19H15F2N3OS2. The minimum absolute atomic E-state index is 0.120. The molecule has 0 radical (unpaired) electrons. The van der Waals surface area contributed by atoms with Crippen LogP contribution in [0.15, 0.2) is 58.4 Å². The van der Waals surface area contributed by atoms with Gasteiger partial charge in [-0.15, -0.1) is 11.3 Å². The van der Waals surface area contributed by atoms with Crippen LogP contribution in [0.25, 0.3) is 10.4 Å².